The van der Waals surface area contributed by atoms with E-state index in [9.17, 15) is 19.8 Å². The number of carbonyl (C=O) groups is 1. The molecule has 0 radical (unpaired) electrons. The fourth-order valence-electron chi connectivity index (χ4n) is 2.28. The summed E-state index contributed by atoms with van der Waals surface area (Å²) in [5.41, 5.74) is 8.31. The van der Waals surface area contributed by atoms with Crippen LogP contribution in [-0.2, 0) is 9.53 Å². The molecule has 6 N–H and O–H groups in total. The molecular weight excluding hydrogens is 282 g/mol. The average Bonchev–Trinajstić information content (AvgIpc) is 2.70. The van der Waals surface area contributed by atoms with Crippen molar-refractivity contribution in [2.45, 2.75) is 30.9 Å². The minimum Gasteiger partial charge on any atom is -0.394 e. The highest BCUT2D eigenvalue weighted by molar-refractivity contribution is 5.45. The highest BCUT2D eigenvalue weighted by Crippen LogP contribution is 2.35. The quantitative estimate of drug-likeness (QED) is 0.286. The minimum atomic E-state index is -1.23. The van der Waals surface area contributed by atoms with Crippen LogP contribution < -0.4 is 22.3 Å². The van der Waals surface area contributed by atoms with Gasteiger partial charge in [-0.05, 0) is 13.0 Å². The first-order chi connectivity index (χ1) is 9.93. The van der Waals surface area contributed by atoms with Crippen molar-refractivity contribution >= 4 is 12.2 Å². The van der Waals surface area contributed by atoms with E-state index in [0.717, 1.165) is 4.57 Å². The molecule has 1 saturated heterocycles. The highest BCUT2D eigenvalue weighted by atomic mass is 16.5. The number of aromatic nitrogens is 2. The van der Waals surface area contributed by atoms with Gasteiger partial charge in [0.2, 0.25) is 6.41 Å². The fourth-order valence-corrected chi connectivity index (χ4v) is 2.28. The van der Waals surface area contributed by atoms with Crippen LogP contribution in [0.1, 0.15) is 13.2 Å². The van der Waals surface area contributed by atoms with Crippen molar-refractivity contribution in [3.63, 3.8) is 0 Å². The van der Waals surface area contributed by atoms with Gasteiger partial charge in [-0.2, -0.15) is 4.98 Å². The van der Waals surface area contributed by atoms with Gasteiger partial charge in [-0.1, -0.05) is 0 Å². The Morgan fingerprint density at radius 3 is 2.95 bits per heavy atom. The number of amides is 1. The van der Waals surface area contributed by atoms with Crippen molar-refractivity contribution in [1.29, 1.82) is 0 Å². The van der Waals surface area contributed by atoms with Crippen molar-refractivity contribution in [3.8, 4) is 0 Å². The SMILES string of the molecule is CC1(NNC=O)[C@H](O)C(n2ccc(N)nc2=O)O[C@@H]1CO. The zero-order valence-electron chi connectivity index (χ0n) is 11.3. The maximum atomic E-state index is 11.8. The molecule has 0 spiro atoms. The fraction of sp³-hybridized carbons (Fsp3) is 0.545. The highest BCUT2D eigenvalue weighted by Gasteiger charge is 2.54. The van der Waals surface area contributed by atoms with Crippen molar-refractivity contribution in [2.75, 3.05) is 12.3 Å². The van der Waals surface area contributed by atoms with E-state index in [1.54, 1.807) is 6.92 Å². The number of ether oxygens (including phenoxy) is 1. The molecule has 1 aliphatic heterocycles. The summed E-state index contributed by atoms with van der Waals surface area (Å²) < 4.78 is 6.57. The lowest BCUT2D eigenvalue weighted by Crippen LogP contribution is -2.61. The monoisotopic (exact) mass is 299 g/mol. The van der Waals surface area contributed by atoms with Gasteiger partial charge in [0.25, 0.3) is 0 Å². The van der Waals surface area contributed by atoms with Crippen LogP contribution >= 0.6 is 0 Å². The average molecular weight is 299 g/mol. The van der Waals surface area contributed by atoms with Gasteiger partial charge in [-0.15, -0.1) is 0 Å². The Morgan fingerprint density at radius 2 is 2.38 bits per heavy atom. The van der Waals surface area contributed by atoms with E-state index >= 15 is 0 Å². The number of carbonyl (C=O) groups excluding carboxylic acids is 1. The predicted molar refractivity (Wildman–Crippen MR) is 70.7 cm³/mol. The first-order valence-corrected chi connectivity index (χ1v) is 6.19. The Hall–Kier alpha value is -2.01. The van der Waals surface area contributed by atoms with Gasteiger partial charge >= 0.3 is 5.69 Å². The van der Waals surface area contributed by atoms with Crippen LogP contribution in [0.15, 0.2) is 17.1 Å². The third-order valence-corrected chi connectivity index (χ3v) is 3.55. The lowest BCUT2D eigenvalue weighted by atomic mass is 9.91. The molecule has 10 heteroatoms. The van der Waals surface area contributed by atoms with Gasteiger partial charge in [0.15, 0.2) is 6.23 Å². The molecule has 0 saturated carbocycles. The second-order valence-electron chi connectivity index (χ2n) is 4.85. The van der Waals surface area contributed by atoms with E-state index < -0.39 is 36.3 Å². The first kappa shape index (κ1) is 15.4. The number of hydrazine groups is 1. The van der Waals surface area contributed by atoms with Crippen molar-refractivity contribution in [3.05, 3.63) is 22.7 Å². The molecule has 2 unspecified atom stereocenters. The first-order valence-electron chi connectivity index (χ1n) is 6.19. The standard InChI is InChI=1S/C11H17N5O5/c1-11(15-13-5-18)6(4-17)21-9(8(11)19)16-3-2-7(12)14-10(16)20/h2-3,5-6,8-9,15,17,19H,4H2,1H3,(H,13,18)(H2,12,14,20)/t6-,8-,9?,11?/m1/s1. The molecule has 0 aromatic carbocycles. The molecule has 1 aliphatic rings. The van der Waals surface area contributed by atoms with Crippen LogP contribution in [-0.4, -0.2) is 50.5 Å². The Labute approximate surface area is 119 Å². The Morgan fingerprint density at radius 1 is 1.67 bits per heavy atom. The van der Waals surface area contributed by atoms with Crippen molar-refractivity contribution in [2.24, 2.45) is 0 Å². The van der Waals surface area contributed by atoms with Gasteiger partial charge in [0, 0.05) is 6.20 Å². The molecule has 0 aliphatic carbocycles. The topological polar surface area (TPSA) is 152 Å². The number of nitrogens with zero attached hydrogens (tertiary/aromatic N) is 2. The number of nitrogens with one attached hydrogen (secondary N) is 2. The van der Waals surface area contributed by atoms with E-state index in [2.05, 4.69) is 15.8 Å². The minimum absolute atomic E-state index is 0.0472. The van der Waals surface area contributed by atoms with Crippen LogP contribution in [0, 0.1) is 0 Å². The number of anilines is 1. The van der Waals surface area contributed by atoms with Gasteiger partial charge in [0.05, 0.1) is 12.1 Å². The Bertz CT molecular complexity index is 578. The molecule has 116 valence electrons. The number of hydrogen-bond donors (Lipinski definition) is 5. The maximum absolute atomic E-state index is 11.8. The van der Waals surface area contributed by atoms with E-state index in [1.165, 1.54) is 12.3 Å². The third kappa shape index (κ3) is 2.61. The van der Waals surface area contributed by atoms with Gasteiger partial charge < -0.3 is 20.7 Å². The van der Waals surface area contributed by atoms with Crippen molar-refractivity contribution in [1.82, 2.24) is 20.4 Å². The number of aliphatic hydroxyl groups is 2. The van der Waals surface area contributed by atoms with Crippen molar-refractivity contribution < 1.29 is 19.7 Å². The smallest absolute Gasteiger partial charge is 0.351 e. The van der Waals surface area contributed by atoms with Crippen LogP contribution in [0.5, 0.6) is 0 Å². The molecule has 1 aromatic heterocycles. The molecule has 1 aromatic rings. The van der Waals surface area contributed by atoms with E-state index in [4.69, 9.17) is 10.5 Å². The normalized spacial score (nSPS) is 32.0. The molecule has 10 nitrogen and oxygen atoms in total. The number of nitrogen functional groups attached to an aromatic ring is 1. The molecule has 1 fully saturated rings. The summed E-state index contributed by atoms with van der Waals surface area (Å²) in [7, 11) is 0. The lowest BCUT2D eigenvalue weighted by molar-refractivity contribution is -0.111. The maximum Gasteiger partial charge on any atom is 0.351 e. The predicted octanol–water partition coefficient (Wildman–Crippen LogP) is -2.91. The second kappa shape index (κ2) is 5.77. The number of hydrogen-bond acceptors (Lipinski definition) is 8. The summed E-state index contributed by atoms with van der Waals surface area (Å²) in [5, 5.41) is 19.8. The zero-order chi connectivity index (χ0) is 15.6. The summed E-state index contributed by atoms with van der Waals surface area (Å²) in [6.45, 7) is 1.12. The second-order valence-corrected chi connectivity index (χ2v) is 4.85. The summed E-state index contributed by atoms with van der Waals surface area (Å²) in [6, 6.07) is 1.39. The molecule has 4 atom stereocenters. The number of rotatable bonds is 5. The lowest BCUT2D eigenvalue weighted by Gasteiger charge is -2.32. The molecule has 21 heavy (non-hydrogen) atoms. The van der Waals surface area contributed by atoms with Crippen LogP contribution in [0.2, 0.25) is 0 Å². The molecule has 2 rings (SSSR count). The number of aliphatic hydroxyl groups excluding tert-OH is 2. The number of nitrogens with two attached hydrogens (primary N) is 1. The van der Waals surface area contributed by atoms with Gasteiger partial charge in [-0.25, -0.2) is 10.2 Å². The summed E-state index contributed by atoms with van der Waals surface area (Å²) >= 11 is 0. The van der Waals surface area contributed by atoms with E-state index in [1.807, 2.05) is 0 Å². The summed E-state index contributed by atoms with van der Waals surface area (Å²) in [5.74, 6) is 0.0472. The van der Waals surface area contributed by atoms with Gasteiger partial charge in [-0.3, -0.25) is 14.8 Å². The molecule has 0 bridgehead atoms. The zero-order valence-corrected chi connectivity index (χ0v) is 11.3. The molecule has 2 heterocycles. The molecular formula is C11H17N5O5. The van der Waals surface area contributed by atoms with Crippen LogP contribution in [0.3, 0.4) is 0 Å². The molecule has 1 amide bonds. The summed E-state index contributed by atoms with van der Waals surface area (Å²) in [4.78, 5) is 25.8. The third-order valence-electron chi connectivity index (χ3n) is 3.55. The van der Waals surface area contributed by atoms with Gasteiger partial charge in [0.1, 0.15) is 18.0 Å². The van der Waals surface area contributed by atoms with E-state index in [0.29, 0.717) is 6.41 Å². The Balaban J connectivity index is 2.34. The summed E-state index contributed by atoms with van der Waals surface area (Å²) in [6.07, 6.45) is -1.43. The Kier molecular flexibility index (Phi) is 4.23. The van der Waals surface area contributed by atoms with Crippen LogP contribution in [0.25, 0.3) is 0 Å². The van der Waals surface area contributed by atoms with E-state index in [-0.39, 0.29) is 5.82 Å². The van der Waals surface area contributed by atoms with Crippen LogP contribution in [0.4, 0.5) is 5.82 Å². The largest absolute Gasteiger partial charge is 0.394 e.